The van der Waals surface area contributed by atoms with E-state index in [1.165, 1.54) is 16.7 Å². The van der Waals surface area contributed by atoms with Gasteiger partial charge in [-0.05, 0) is 43.0 Å². The molecule has 27 heavy (non-hydrogen) atoms. The Hall–Kier alpha value is -2.11. The molecule has 3 nitrogen and oxygen atoms in total. The van der Waals surface area contributed by atoms with Crippen molar-refractivity contribution in [3.05, 3.63) is 75.8 Å². The van der Waals surface area contributed by atoms with E-state index in [0.717, 1.165) is 33.5 Å². The number of hydrogen-bond acceptors (Lipinski definition) is 4. The van der Waals surface area contributed by atoms with E-state index in [9.17, 15) is 4.79 Å². The van der Waals surface area contributed by atoms with Crippen molar-refractivity contribution in [2.45, 2.75) is 43.7 Å². The number of rotatable bonds is 7. The van der Waals surface area contributed by atoms with Gasteiger partial charge in [-0.15, -0.1) is 11.3 Å². The fraction of sp³-hybridized carbons (Fsp3) is 0.273. The number of nitrogens with zero attached hydrogens (tertiary/aromatic N) is 1. The second-order valence-corrected chi connectivity index (χ2v) is 8.64. The molecule has 0 spiro atoms. The van der Waals surface area contributed by atoms with Crippen molar-refractivity contribution in [3.63, 3.8) is 0 Å². The van der Waals surface area contributed by atoms with Crippen LogP contribution >= 0.6 is 23.1 Å². The Morgan fingerprint density at radius 1 is 1.15 bits per heavy atom. The summed E-state index contributed by atoms with van der Waals surface area (Å²) in [6.07, 6.45) is 1.20. The molecule has 1 aromatic heterocycles. The van der Waals surface area contributed by atoms with Gasteiger partial charge in [-0.3, -0.25) is 4.79 Å². The van der Waals surface area contributed by atoms with Crippen LogP contribution in [0.4, 0.5) is 5.69 Å². The molecule has 3 aromatic rings. The molecule has 5 heteroatoms. The smallest absolute Gasteiger partial charge is 0.230 e. The van der Waals surface area contributed by atoms with E-state index in [4.69, 9.17) is 0 Å². The Kier molecular flexibility index (Phi) is 6.69. The SMILES string of the molecule is CCc1ccccc1NC(=O)Cc1csc(SCc2cc(C)ccc2C)n1. The van der Waals surface area contributed by atoms with Crippen molar-refractivity contribution in [2.75, 3.05) is 5.32 Å². The van der Waals surface area contributed by atoms with Crippen LogP contribution in [-0.2, 0) is 23.4 Å². The van der Waals surface area contributed by atoms with Gasteiger partial charge in [0.25, 0.3) is 0 Å². The van der Waals surface area contributed by atoms with Gasteiger partial charge in [0.2, 0.25) is 5.91 Å². The van der Waals surface area contributed by atoms with Crippen LogP contribution in [0.1, 0.15) is 34.9 Å². The quantitative estimate of drug-likeness (QED) is 0.514. The lowest BCUT2D eigenvalue weighted by Gasteiger charge is -2.08. The van der Waals surface area contributed by atoms with Crippen molar-refractivity contribution < 1.29 is 4.79 Å². The predicted octanol–water partition coefficient (Wildman–Crippen LogP) is 5.80. The summed E-state index contributed by atoms with van der Waals surface area (Å²) in [5.74, 6) is 0.878. The summed E-state index contributed by atoms with van der Waals surface area (Å²) in [6, 6.07) is 14.5. The number of nitrogens with one attached hydrogen (secondary N) is 1. The number of para-hydroxylation sites is 1. The van der Waals surface area contributed by atoms with Gasteiger partial charge in [-0.2, -0.15) is 0 Å². The average molecular weight is 397 g/mol. The summed E-state index contributed by atoms with van der Waals surface area (Å²) in [5.41, 5.74) is 6.79. The second-order valence-electron chi connectivity index (χ2n) is 6.56. The zero-order chi connectivity index (χ0) is 19.2. The number of thiazole rings is 1. The molecule has 0 aliphatic heterocycles. The van der Waals surface area contributed by atoms with Crippen molar-refractivity contribution in [3.8, 4) is 0 Å². The van der Waals surface area contributed by atoms with Crippen molar-refractivity contribution >= 4 is 34.7 Å². The van der Waals surface area contributed by atoms with Gasteiger partial charge < -0.3 is 5.32 Å². The molecule has 0 saturated carbocycles. The average Bonchev–Trinajstić information content (AvgIpc) is 3.10. The minimum absolute atomic E-state index is 0.0210. The highest BCUT2D eigenvalue weighted by molar-refractivity contribution is 8.00. The van der Waals surface area contributed by atoms with Crippen LogP contribution in [-0.4, -0.2) is 10.9 Å². The van der Waals surface area contributed by atoms with E-state index in [1.807, 2.05) is 29.6 Å². The van der Waals surface area contributed by atoms with E-state index in [1.54, 1.807) is 23.1 Å². The van der Waals surface area contributed by atoms with Crippen molar-refractivity contribution in [1.29, 1.82) is 0 Å². The number of carbonyl (C=O) groups excluding carboxylic acids is 1. The van der Waals surface area contributed by atoms with Crippen LogP contribution < -0.4 is 5.32 Å². The largest absolute Gasteiger partial charge is 0.325 e. The third-order valence-electron chi connectivity index (χ3n) is 4.40. The Bertz CT molecular complexity index is 934. The Labute approximate surface area is 169 Å². The molecule has 0 bridgehead atoms. The topological polar surface area (TPSA) is 42.0 Å². The summed E-state index contributed by atoms with van der Waals surface area (Å²) < 4.78 is 1.01. The second kappa shape index (κ2) is 9.20. The van der Waals surface area contributed by atoms with Gasteiger partial charge in [0.15, 0.2) is 0 Å². The number of anilines is 1. The molecule has 0 saturated heterocycles. The first-order valence-corrected chi connectivity index (χ1v) is 10.9. The number of aryl methyl sites for hydroxylation is 3. The molecule has 1 N–H and O–H groups in total. The Morgan fingerprint density at radius 3 is 2.78 bits per heavy atom. The predicted molar refractivity (Wildman–Crippen MR) is 116 cm³/mol. The molecular weight excluding hydrogens is 372 g/mol. The van der Waals surface area contributed by atoms with Gasteiger partial charge >= 0.3 is 0 Å². The van der Waals surface area contributed by atoms with Crippen LogP contribution in [0, 0.1) is 13.8 Å². The number of benzene rings is 2. The summed E-state index contributed by atoms with van der Waals surface area (Å²) in [6.45, 7) is 6.34. The first-order chi connectivity index (χ1) is 13.0. The van der Waals surface area contributed by atoms with Gasteiger partial charge in [0.05, 0.1) is 12.1 Å². The summed E-state index contributed by atoms with van der Waals surface area (Å²) in [7, 11) is 0. The van der Waals surface area contributed by atoms with Crippen LogP contribution in [0.15, 0.2) is 52.2 Å². The first-order valence-electron chi connectivity index (χ1n) is 9.06. The fourth-order valence-corrected chi connectivity index (χ4v) is 4.75. The van der Waals surface area contributed by atoms with Crippen LogP contribution in [0.3, 0.4) is 0 Å². The van der Waals surface area contributed by atoms with Crippen molar-refractivity contribution in [2.24, 2.45) is 0 Å². The maximum absolute atomic E-state index is 12.4. The van der Waals surface area contributed by atoms with E-state index in [2.05, 4.69) is 49.3 Å². The molecule has 0 radical (unpaired) electrons. The number of thioether (sulfide) groups is 1. The highest BCUT2D eigenvalue weighted by Gasteiger charge is 2.10. The number of carbonyl (C=O) groups is 1. The highest BCUT2D eigenvalue weighted by atomic mass is 32.2. The lowest BCUT2D eigenvalue weighted by Crippen LogP contribution is -2.15. The van der Waals surface area contributed by atoms with Gasteiger partial charge in [-0.25, -0.2) is 4.98 Å². The monoisotopic (exact) mass is 396 g/mol. The molecule has 0 aliphatic rings. The van der Waals surface area contributed by atoms with Gasteiger partial charge in [0, 0.05) is 16.8 Å². The summed E-state index contributed by atoms with van der Waals surface area (Å²) in [4.78, 5) is 17.0. The third-order valence-corrected chi connectivity index (χ3v) is 6.52. The number of amides is 1. The maximum atomic E-state index is 12.4. The van der Waals surface area contributed by atoms with Gasteiger partial charge in [0.1, 0.15) is 4.34 Å². The molecule has 3 rings (SSSR count). The Morgan fingerprint density at radius 2 is 1.96 bits per heavy atom. The van der Waals surface area contributed by atoms with Crippen LogP contribution in [0.5, 0.6) is 0 Å². The fourth-order valence-electron chi connectivity index (χ4n) is 2.84. The molecule has 0 atom stereocenters. The molecular formula is C22H24N2OS2. The summed E-state index contributed by atoms with van der Waals surface area (Å²) in [5, 5.41) is 4.99. The lowest BCUT2D eigenvalue weighted by molar-refractivity contribution is -0.115. The minimum atomic E-state index is -0.0210. The zero-order valence-corrected chi connectivity index (χ0v) is 17.5. The number of aromatic nitrogens is 1. The maximum Gasteiger partial charge on any atom is 0.230 e. The molecule has 2 aromatic carbocycles. The third kappa shape index (κ3) is 5.44. The van der Waals surface area contributed by atoms with Gasteiger partial charge in [-0.1, -0.05) is 60.6 Å². The van der Waals surface area contributed by atoms with Crippen LogP contribution in [0.2, 0.25) is 0 Å². The van der Waals surface area contributed by atoms with E-state index in [-0.39, 0.29) is 5.91 Å². The van der Waals surface area contributed by atoms with E-state index < -0.39 is 0 Å². The highest BCUT2D eigenvalue weighted by Crippen LogP contribution is 2.28. The molecule has 1 heterocycles. The molecule has 0 unspecified atom stereocenters. The molecule has 140 valence electrons. The van der Waals surface area contributed by atoms with Crippen molar-refractivity contribution in [1.82, 2.24) is 4.98 Å². The Balaban J connectivity index is 1.57. The van der Waals surface area contributed by atoms with Crippen LogP contribution in [0.25, 0.3) is 0 Å². The molecule has 0 fully saturated rings. The normalized spacial score (nSPS) is 10.8. The summed E-state index contributed by atoms with van der Waals surface area (Å²) >= 11 is 3.34. The van der Waals surface area contributed by atoms with E-state index >= 15 is 0 Å². The lowest BCUT2D eigenvalue weighted by atomic mass is 10.1. The number of hydrogen-bond donors (Lipinski definition) is 1. The van der Waals surface area contributed by atoms with E-state index in [0.29, 0.717) is 6.42 Å². The molecule has 1 amide bonds. The first kappa shape index (κ1) is 19.6. The minimum Gasteiger partial charge on any atom is -0.325 e. The molecule has 0 aliphatic carbocycles. The zero-order valence-electron chi connectivity index (χ0n) is 15.9. The standard InChI is InChI=1S/C22H24N2OS2/c1-4-17-7-5-6-8-20(17)24-21(25)12-19-14-27-22(23-19)26-13-18-11-15(2)9-10-16(18)3/h5-11,14H,4,12-13H2,1-3H3,(H,24,25).